The van der Waals surface area contributed by atoms with Crippen molar-refractivity contribution in [2.24, 2.45) is 5.14 Å². The van der Waals surface area contributed by atoms with Gasteiger partial charge in [0.1, 0.15) is 5.69 Å². The van der Waals surface area contributed by atoms with Crippen LogP contribution in [0, 0.1) is 10.1 Å². The van der Waals surface area contributed by atoms with Gasteiger partial charge in [-0.2, -0.15) is 0 Å². The predicted molar refractivity (Wildman–Crippen MR) is 108 cm³/mol. The van der Waals surface area contributed by atoms with Gasteiger partial charge < -0.3 is 4.90 Å². The molecular formula is C19H24N4O4S. The normalized spacial score (nSPS) is 18.6. The molecule has 0 radical (unpaired) electrons. The fraction of sp³-hybridized carbons (Fsp3) is 0.368. The summed E-state index contributed by atoms with van der Waals surface area (Å²) in [5.41, 5.74) is 1.41. The quantitative estimate of drug-likeness (QED) is 0.605. The van der Waals surface area contributed by atoms with Gasteiger partial charge in [0.2, 0.25) is 10.0 Å². The third kappa shape index (κ3) is 4.67. The van der Waals surface area contributed by atoms with Crippen molar-refractivity contribution in [3.63, 3.8) is 0 Å². The molecule has 0 aliphatic carbocycles. The Morgan fingerprint density at radius 3 is 2.54 bits per heavy atom. The standard InChI is InChI=1S/C19H24N4O4S/c1-15-13-21(14-16-6-3-2-4-7-16)10-5-11-22(15)18-9-8-17(28(20,26)27)12-19(18)23(24)25/h2-4,6-9,12,15H,5,10-11,13-14H2,1H3,(H2,20,26,27). The summed E-state index contributed by atoms with van der Waals surface area (Å²) in [6, 6.07) is 14.1. The van der Waals surface area contributed by atoms with E-state index in [0.717, 1.165) is 32.1 Å². The fourth-order valence-corrected chi connectivity index (χ4v) is 4.19. The Morgan fingerprint density at radius 2 is 1.89 bits per heavy atom. The van der Waals surface area contributed by atoms with Gasteiger partial charge in [0.05, 0.1) is 9.82 Å². The number of rotatable bonds is 5. The Morgan fingerprint density at radius 1 is 1.18 bits per heavy atom. The lowest BCUT2D eigenvalue weighted by Crippen LogP contribution is -2.39. The first-order valence-electron chi connectivity index (χ1n) is 9.10. The zero-order valence-corrected chi connectivity index (χ0v) is 16.5. The second-order valence-electron chi connectivity index (χ2n) is 7.07. The van der Waals surface area contributed by atoms with Crippen molar-refractivity contribution in [3.05, 3.63) is 64.2 Å². The zero-order chi connectivity index (χ0) is 20.3. The highest BCUT2D eigenvalue weighted by Crippen LogP contribution is 2.33. The lowest BCUT2D eigenvalue weighted by molar-refractivity contribution is -0.384. The molecule has 1 saturated heterocycles. The summed E-state index contributed by atoms with van der Waals surface area (Å²) in [6.45, 7) is 5.15. The number of primary sulfonamides is 1. The molecule has 2 aromatic rings. The Bertz CT molecular complexity index is 950. The van der Waals surface area contributed by atoms with Crippen LogP contribution in [0.3, 0.4) is 0 Å². The fourth-order valence-electron chi connectivity index (χ4n) is 3.66. The molecule has 1 aliphatic heterocycles. The molecule has 1 heterocycles. The minimum absolute atomic E-state index is 0.0326. The van der Waals surface area contributed by atoms with Gasteiger partial charge >= 0.3 is 0 Å². The van der Waals surface area contributed by atoms with Crippen LogP contribution in [0.5, 0.6) is 0 Å². The SMILES string of the molecule is CC1CN(Cc2ccccc2)CCCN1c1ccc(S(N)(=O)=O)cc1[N+](=O)[O-]. The van der Waals surface area contributed by atoms with Crippen LogP contribution in [0.2, 0.25) is 0 Å². The first kappa shape index (κ1) is 20.2. The first-order valence-corrected chi connectivity index (χ1v) is 10.6. The summed E-state index contributed by atoms with van der Waals surface area (Å²) in [5, 5.41) is 16.7. The summed E-state index contributed by atoms with van der Waals surface area (Å²) >= 11 is 0. The van der Waals surface area contributed by atoms with Crippen LogP contribution in [0.25, 0.3) is 0 Å². The number of nitro benzene ring substituents is 1. The molecule has 28 heavy (non-hydrogen) atoms. The molecule has 0 bridgehead atoms. The highest BCUT2D eigenvalue weighted by atomic mass is 32.2. The van der Waals surface area contributed by atoms with Crippen LogP contribution in [0.1, 0.15) is 18.9 Å². The maximum Gasteiger partial charge on any atom is 0.293 e. The first-order chi connectivity index (χ1) is 13.3. The van der Waals surface area contributed by atoms with Gasteiger partial charge in [-0.15, -0.1) is 0 Å². The summed E-state index contributed by atoms with van der Waals surface area (Å²) < 4.78 is 23.1. The van der Waals surface area contributed by atoms with Crippen LogP contribution >= 0.6 is 0 Å². The van der Waals surface area contributed by atoms with E-state index in [9.17, 15) is 18.5 Å². The molecule has 9 heteroatoms. The Balaban J connectivity index is 1.84. The molecule has 1 atom stereocenters. The van der Waals surface area contributed by atoms with E-state index in [0.29, 0.717) is 12.2 Å². The minimum Gasteiger partial charge on any atom is -0.362 e. The molecule has 3 rings (SSSR count). The van der Waals surface area contributed by atoms with Crippen molar-refractivity contribution in [2.45, 2.75) is 30.8 Å². The van der Waals surface area contributed by atoms with Crippen molar-refractivity contribution in [1.82, 2.24) is 4.90 Å². The summed E-state index contributed by atoms with van der Waals surface area (Å²) in [5.74, 6) is 0. The molecule has 0 spiro atoms. The number of nitrogens with zero attached hydrogens (tertiary/aromatic N) is 3. The molecule has 1 fully saturated rings. The molecule has 0 amide bonds. The van der Waals surface area contributed by atoms with Crippen LogP contribution in [0.4, 0.5) is 11.4 Å². The molecule has 0 saturated carbocycles. The van der Waals surface area contributed by atoms with E-state index in [2.05, 4.69) is 17.0 Å². The zero-order valence-electron chi connectivity index (χ0n) is 15.7. The van der Waals surface area contributed by atoms with E-state index in [1.807, 2.05) is 30.0 Å². The average Bonchev–Trinajstić information content (AvgIpc) is 2.82. The molecule has 2 aromatic carbocycles. The van der Waals surface area contributed by atoms with Crippen molar-refractivity contribution in [3.8, 4) is 0 Å². The monoisotopic (exact) mass is 404 g/mol. The second kappa shape index (κ2) is 8.26. The van der Waals surface area contributed by atoms with Gasteiger partial charge in [-0.3, -0.25) is 15.0 Å². The van der Waals surface area contributed by atoms with Crippen molar-refractivity contribution in [2.75, 3.05) is 24.5 Å². The Kier molecular flexibility index (Phi) is 5.97. The van der Waals surface area contributed by atoms with Gasteiger partial charge in [0, 0.05) is 38.3 Å². The molecule has 1 unspecified atom stereocenters. The van der Waals surface area contributed by atoms with E-state index in [-0.39, 0.29) is 16.6 Å². The average molecular weight is 404 g/mol. The van der Waals surface area contributed by atoms with Gasteiger partial charge in [0.25, 0.3) is 5.69 Å². The van der Waals surface area contributed by atoms with E-state index < -0.39 is 14.9 Å². The number of anilines is 1. The van der Waals surface area contributed by atoms with E-state index in [4.69, 9.17) is 5.14 Å². The van der Waals surface area contributed by atoms with Crippen LogP contribution in [-0.2, 0) is 16.6 Å². The van der Waals surface area contributed by atoms with Gasteiger partial charge in [-0.25, -0.2) is 13.6 Å². The summed E-state index contributed by atoms with van der Waals surface area (Å²) in [7, 11) is -4.00. The van der Waals surface area contributed by atoms with Crippen molar-refractivity contribution < 1.29 is 13.3 Å². The van der Waals surface area contributed by atoms with Gasteiger partial charge in [0.15, 0.2) is 0 Å². The molecule has 1 aliphatic rings. The number of nitro groups is 1. The molecule has 150 valence electrons. The number of nitrogens with two attached hydrogens (primary N) is 1. The summed E-state index contributed by atoms with van der Waals surface area (Å²) in [6.07, 6.45) is 0.852. The highest BCUT2D eigenvalue weighted by molar-refractivity contribution is 7.89. The third-order valence-corrected chi connectivity index (χ3v) is 5.87. The maximum absolute atomic E-state index is 11.6. The van der Waals surface area contributed by atoms with Gasteiger partial charge in [-0.05, 0) is 31.0 Å². The van der Waals surface area contributed by atoms with Crippen molar-refractivity contribution >= 4 is 21.4 Å². The Hall–Kier alpha value is -2.49. The summed E-state index contributed by atoms with van der Waals surface area (Å²) in [4.78, 5) is 15.1. The lowest BCUT2D eigenvalue weighted by atomic mass is 10.1. The van der Waals surface area contributed by atoms with Crippen LogP contribution in [0.15, 0.2) is 53.4 Å². The van der Waals surface area contributed by atoms with E-state index in [1.54, 1.807) is 0 Å². The smallest absolute Gasteiger partial charge is 0.293 e. The second-order valence-corrected chi connectivity index (χ2v) is 8.63. The number of sulfonamides is 1. The molecule has 2 N–H and O–H groups in total. The predicted octanol–water partition coefficient (Wildman–Crippen LogP) is 2.34. The topological polar surface area (TPSA) is 110 Å². The number of benzene rings is 2. The highest BCUT2D eigenvalue weighted by Gasteiger charge is 2.28. The lowest BCUT2D eigenvalue weighted by Gasteiger charge is -2.30. The van der Waals surface area contributed by atoms with Crippen LogP contribution in [-0.4, -0.2) is 43.9 Å². The van der Waals surface area contributed by atoms with E-state index in [1.165, 1.54) is 17.7 Å². The molecular weight excluding hydrogens is 380 g/mol. The number of hydrogen-bond donors (Lipinski definition) is 1. The van der Waals surface area contributed by atoms with Crippen molar-refractivity contribution in [1.29, 1.82) is 0 Å². The van der Waals surface area contributed by atoms with E-state index >= 15 is 0 Å². The molecule has 8 nitrogen and oxygen atoms in total. The largest absolute Gasteiger partial charge is 0.362 e. The third-order valence-electron chi connectivity index (χ3n) is 4.96. The minimum atomic E-state index is -4.00. The Labute approximate surface area is 164 Å². The van der Waals surface area contributed by atoms with Crippen LogP contribution < -0.4 is 10.0 Å². The number of hydrogen-bond acceptors (Lipinski definition) is 6. The maximum atomic E-state index is 11.6. The van der Waals surface area contributed by atoms with Gasteiger partial charge in [-0.1, -0.05) is 30.3 Å². The molecule has 0 aromatic heterocycles.